The van der Waals surface area contributed by atoms with E-state index in [4.69, 9.17) is 0 Å². The summed E-state index contributed by atoms with van der Waals surface area (Å²) in [6, 6.07) is 2.87. The molecule has 122 valence electrons. The minimum atomic E-state index is -4.68. The van der Waals surface area contributed by atoms with Gasteiger partial charge in [0.2, 0.25) is 0 Å². The Kier molecular flexibility index (Phi) is 5.78. The first-order chi connectivity index (χ1) is 10.4. The molecule has 1 aliphatic carbocycles. The lowest BCUT2D eigenvalue weighted by Crippen LogP contribution is -2.17. The number of pyridine rings is 1. The van der Waals surface area contributed by atoms with E-state index >= 15 is 0 Å². The largest absolute Gasteiger partial charge is 0.573 e. The number of ether oxygens (including phenoxy) is 1. The Balaban J connectivity index is 1.97. The molecule has 0 aliphatic heterocycles. The molecule has 0 saturated heterocycles. The van der Waals surface area contributed by atoms with Crippen LogP contribution in [0.1, 0.15) is 38.3 Å². The van der Waals surface area contributed by atoms with E-state index in [1.807, 2.05) is 18.7 Å². The molecular formula is C16H20F3NOS. The molecule has 1 saturated carbocycles. The van der Waals surface area contributed by atoms with Crippen LogP contribution < -0.4 is 4.74 Å². The average Bonchev–Trinajstić information content (AvgIpc) is 2.47. The van der Waals surface area contributed by atoms with Crippen molar-refractivity contribution in [1.82, 2.24) is 4.98 Å². The van der Waals surface area contributed by atoms with Gasteiger partial charge in [0.1, 0.15) is 5.75 Å². The number of aromatic nitrogens is 1. The van der Waals surface area contributed by atoms with Crippen molar-refractivity contribution in [2.45, 2.75) is 44.2 Å². The number of nitrogens with zero attached hydrogens (tertiary/aromatic N) is 1. The number of thioether (sulfide) groups is 1. The Labute approximate surface area is 133 Å². The van der Waals surface area contributed by atoms with Gasteiger partial charge in [-0.15, -0.1) is 13.2 Å². The molecule has 1 aliphatic rings. The number of rotatable bonds is 4. The van der Waals surface area contributed by atoms with Crippen molar-refractivity contribution in [3.8, 4) is 5.75 Å². The van der Waals surface area contributed by atoms with E-state index in [1.54, 1.807) is 6.07 Å². The molecule has 2 rings (SSSR count). The third kappa shape index (κ3) is 5.23. The number of allylic oxidation sites excluding steroid dienone is 2. The van der Waals surface area contributed by atoms with E-state index in [2.05, 4.69) is 22.1 Å². The van der Waals surface area contributed by atoms with Crippen LogP contribution in [0.5, 0.6) is 5.75 Å². The Morgan fingerprint density at radius 2 is 1.95 bits per heavy atom. The van der Waals surface area contributed by atoms with Gasteiger partial charge in [-0.25, -0.2) is 0 Å². The van der Waals surface area contributed by atoms with Gasteiger partial charge in [-0.05, 0) is 62.5 Å². The summed E-state index contributed by atoms with van der Waals surface area (Å²) in [6.45, 7) is 1.95. The van der Waals surface area contributed by atoms with Gasteiger partial charge in [0.25, 0.3) is 0 Å². The third-order valence-corrected chi connectivity index (χ3v) is 5.05. The fraction of sp³-hybridized carbons (Fsp3) is 0.562. The van der Waals surface area contributed by atoms with Crippen LogP contribution in [0.15, 0.2) is 24.4 Å². The summed E-state index contributed by atoms with van der Waals surface area (Å²) in [6.07, 6.45) is 5.57. The second-order valence-electron chi connectivity index (χ2n) is 5.55. The first-order valence-corrected chi connectivity index (χ1v) is 8.59. The van der Waals surface area contributed by atoms with Crippen LogP contribution in [0.2, 0.25) is 0 Å². The van der Waals surface area contributed by atoms with Crippen LogP contribution in [0.3, 0.4) is 0 Å². The van der Waals surface area contributed by atoms with E-state index in [9.17, 15) is 13.2 Å². The smallest absolute Gasteiger partial charge is 0.404 e. The van der Waals surface area contributed by atoms with Crippen LogP contribution >= 0.6 is 11.8 Å². The number of hydrogen-bond acceptors (Lipinski definition) is 3. The highest BCUT2D eigenvalue weighted by molar-refractivity contribution is 7.99. The number of alkyl halides is 3. The highest BCUT2D eigenvalue weighted by atomic mass is 32.2. The minimum Gasteiger partial charge on any atom is -0.404 e. The van der Waals surface area contributed by atoms with E-state index in [0.717, 1.165) is 29.9 Å². The van der Waals surface area contributed by atoms with Gasteiger partial charge in [-0.1, -0.05) is 6.08 Å². The molecule has 0 radical (unpaired) electrons. The summed E-state index contributed by atoms with van der Waals surface area (Å²) >= 11 is 1.93. The molecule has 22 heavy (non-hydrogen) atoms. The zero-order chi connectivity index (χ0) is 16.2. The Morgan fingerprint density at radius 1 is 1.27 bits per heavy atom. The predicted molar refractivity (Wildman–Crippen MR) is 83.8 cm³/mol. The van der Waals surface area contributed by atoms with Crippen LogP contribution in [0.4, 0.5) is 13.2 Å². The maximum absolute atomic E-state index is 12.1. The maximum atomic E-state index is 12.1. The summed E-state index contributed by atoms with van der Waals surface area (Å²) in [5.41, 5.74) is 1.70. The molecule has 0 amide bonds. The lowest BCUT2D eigenvalue weighted by molar-refractivity contribution is -0.274. The van der Waals surface area contributed by atoms with Crippen molar-refractivity contribution in [3.63, 3.8) is 0 Å². The molecule has 0 spiro atoms. The molecule has 1 heterocycles. The molecule has 2 nitrogen and oxygen atoms in total. The minimum absolute atomic E-state index is 0.287. The van der Waals surface area contributed by atoms with Gasteiger partial charge >= 0.3 is 6.36 Å². The molecule has 0 bridgehead atoms. The first-order valence-electron chi connectivity index (χ1n) is 7.31. The molecule has 6 heteroatoms. The van der Waals surface area contributed by atoms with Crippen molar-refractivity contribution in [2.24, 2.45) is 5.92 Å². The Hall–Kier alpha value is -1.17. The first kappa shape index (κ1) is 17.2. The van der Waals surface area contributed by atoms with E-state index in [1.165, 1.54) is 18.9 Å². The molecule has 0 aromatic carbocycles. The third-order valence-electron chi connectivity index (χ3n) is 3.91. The molecule has 0 unspecified atom stereocenters. The van der Waals surface area contributed by atoms with Gasteiger partial charge in [0, 0.05) is 5.25 Å². The molecule has 0 N–H and O–H groups in total. The SMILES string of the molecule is CSC1CCC(/C=C(\C)c2ccc(OC(F)(F)F)cn2)CC1. The van der Waals surface area contributed by atoms with Gasteiger partial charge in [0.15, 0.2) is 0 Å². The highest BCUT2D eigenvalue weighted by Gasteiger charge is 2.31. The van der Waals surface area contributed by atoms with Crippen LogP contribution in [-0.2, 0) is 0 Å². The van der Waals surface area contributed by atoms with Gasteiger partial charge in [-0.3, -0.25) is 4.98 Å². The van der Waals surface area contributed by atoms with Crippen LogP contribution in [-0.4, -0.2) is 22.9 Å². The summed E-state index contributed by atoms with van der Waals surface area (Å²) in [7, 11) is 0. The summed E-state index contributed by atoms with van der Waals surface area (Å²) in [5, 5.41) is 0.766. The van der Waals surface area contributed by atoms with Gasteiger partial charge in [-0.2, -0.15) is 11.8 Å². The quantitative estimate of drug-likeness (QED) is 0.747. The van der Waals surface area contributed by atoms with Gasteiger partial charge in [0.05, 0.1) is 11.9 Å². The number of halogens is 3. The fourth-order valence-electron chi connectivity index (χ4n) is 2.74. The monoisotopic (exact) mass is 331 g/mol. The molecular weight excluding hydrogens is 311 g/mol. The predicted octanol–water partition coefficient (Wildman–Crippen LogP) is 5.31. The van der Waals surface area contributed by atoms with Crippen molar-refractivity contribution in [2.75, 3.05) is 6.26 Å². The molecule has 0 atom stereocenters. The maximum Gasteiger partial charge on any atom is 0.573 e. The van der Waals surface area contributed by atoms with Crippen molar-refractivity contribution < 1.29 is 17.9 Å². The molecule has 1 aromatic heterocycles. The molecule has 1 fully saturated rings. The number of hydrogen-bond donors (Lipinski definition) is 0. The highest BCUT2D eigenvalue weighted by Crippen LogP contribution is 2.33. The second-order valence-corrected chi connectivity index (χ2v) is 6.69. The zero-order valence-corrected chi connectivity index (χ0v) is 13.5. The standard InChI is InChI=1S/C16H20F3NOS/c1-11(9-12-3-6-14(22-2)7-4-12)15-8-5-13(10-20-15)21-16(17,18)19/h5,8-10,12,14H,3-4,6-7H2,1-2H3/b11-9+. The average molecular weight is 331 g/mol. The lowest BCUT2D eigenvalue weighted by Gasteiger charge is -2.25. The van der Waals surface area contributed by atoms with Gasteiger partial charge < -0.3 is 4.74 Å². The van der Waals surface area contributed by atoms with E-state index in [-0.39, 0.29) is 5.75 Å². The van der Waals surface area contributed by atoms with E-state index in [0.29, 0.717) is 11.6 Å². The van der Waals surface area contributed by atoms with Crippen molar-refractivity contribution in [3.05, 3.63) is 30.1 Å². The lowest BCUT2D eigenvalue weighted by atomic mass is 9.87. The van der Waals surface area contributed by atoms with Crippen LogP contribution in [0, 0.1) is 5.92 Å². The summed E-state index contributed by atoms with van der Waals surface area (Å²) in [4.78, 5) is 4.06. The second kappa shape index (κ2) is 7.40. The zero-order valence-electron chi connectivity index (χ0n) is 12.7. The van der Waals surface area contributed by atoms with E-state index < -0.39 is 6.36 Å². The summed E-state index contributed by atoms with van der Waals surface area (Å²) < 4.78 is 40.1. The topological polar surface area (TPSA) is 22.1 Å². The Morgan fingerprint density at radius 3 is 2.45 bits per heavy atom. The normalized spacial score (nSPS) is 23.4. The molecule has 1 aromatic rings. The van der Waals surface area contributed by atoms with Crippen LogP contribution in [0.25, 0.3) is 5.57 Å². The summed E-state index contributed by atoms with van der Waals surface area (Å²) in [5.74, 6) is 0.251. The fourth-order valence-corrected chi connectivity index (χ4v) is 3.48. The van der Waals surface area contributed by atoms with Crippen molar-refractivity contribution in [1.29, 1.82) is 0 Å². The Bertz CT molecular complexity index is 505. The van der Waals surface area contributed by atoms with Crippen molar-refractivity contribution >= 4 is 17.3 Å².